The molecule has 0 spiro atoms. The Balaban J connectivity index is 1.75. The Hall–Kier alpha value is -2.91. The Morgan fingerprint density at radius 2 is 1.37 bits per heavy atom. The summed E-state index contributed by atoms with van der Waals surface area (Å²) in [5.74, 6) is 0. The third-order valence-corrected chi connectivity index (χ3v) is 15.3. The van der Waals surface area contributed by atoms with E-state index in [1.54, 1.807) is 0 Å². The minimum absolute atomic E-state index is 0.632. The van der Waals surface area contributed by atoms with Gasteiger partial charge in [0.2, 0.25) is 0 Å². The Morgan fingerprint density at radius 1 is 0.814 bits per heavy atom. The maximum atomic E-state index is 6.03. The van der Waals surface area contributed by atoms with Crippen molar-refractivity contribution in [1.82, 2.24) is 0 Å². The summed E-state index contributed by atoms with van der Waals surface area (Å²) in [5.41, 5.74) is 3.82. The van der Waals surface area contributed by atoms with Gasteiger partial charge in [-0.1, -0.05) is 0 Å². The normalized spacial score (nSPS) is 16.3. The molecule has 1 nitrogen and oxygen atoms in total. The van der Waals surface area contributed by atoms with E-state index >= 15 is 0 Å². The van der Waals surface area contributed by atoms with E-state index in [0.29, 0.717) is 13.2 Å². The van der Waals surface area contributed by atoms with Crippen molar-refractivity contribution in [2.24, 2.45) is 0 Å². The molecule has 1 saturated heterocycles. The summed E-state index contributed by atoms with van der Waals surface area (Å²) < 4.78 is 12.6. The molecule has 1 aliphatic heterocycles. The van der Waals surface area contributed by atoms with Crippen LogP contribution in [0.1, 0.15) is 30.0 Å². The zero-order valence-corrected chi connectivity index (χ0v) is 29.3. The quantitative estimate of drug-likeness (QED) is 0.143. The third-order valence-electron chi connectivity index (χ3n) is 7.62. The van der Waals surface area contributed by atoms with E-state index in [4.69, 9.17) is 4.74 Å². The van der Waals surface area contributed by atoms with Gasteiger partial charge >= 0.3 is 275 Å². The monoisotopic (exact) mass is 792 g/mol. The summed E-state index contributed by atoms with van der Waals surface area (Å²) in [6, 6.07) is 38.1. The van der Waals surface area contributed by atoms with E-state index < -0.39 is 7.26 Å². The molecule has 6 rings (SSSR count). The first kappa shape index (κ1) is 30.1. The third kappa shape index (κ3) is 5.95. The molecule has 0 amide bonds. The van der Waals surface area contributed by atoms with Crippen molar-refractivity contribution in [3.05, 3.63) is 148 Å². The Morgan fingerprint density at radius 3 is 1.88 bits per heavy atom. The van der Waals surface area contributed by atoms with Crippen LogP contribution < -0.4 is 15.9 Å². The van der Waals surface area contributed by atoms with E-state index in [0.717, 1.165) is 6.42 Å². The fourth-order valence-electron chi connectivity index (χ4n) is 5.77. The van der Waals surface area contributed by atoms with Gasteiger partial charge in [-0.2, -0.15) is 0 Å². The van der Waals surface area contributed by atoms with Crippen LogP contribution in [0.4, 0.5) is 0 Å². The van der Waals surface area contributed by atoms with Crippen molar-refractivity contribution in [2.45, 2.75) is 20.3 Å². The zero-order valence-electron chi connectivity index (χ0n) is 24.3. The Bertz CT molecular complexity index is 1760. The van der Waals surface area contributed by atoms with Crippen LogP contribution in [-0.4, -0.2) is 13.2 Å². The van der Waals surface area contributed by atoms with Gasteiger partial charge in [0.1, 0.15) is 0 Å². The zero-order chi connectivity index (χ0) is 29.6. The van der Waals surface area contributed by atoms with Gasteiger partial charge in [-0.15, -0.1) is 0 Å². The molecule has 1 aliphatic rings. The molecule has 0 unspecified atom stereocenters. The Labute approximate surface area is 273 Å². The summed E-state index contributed by atoms with van der Waals surface area (Å²) in [6.07, 6.45) is 10.1. The molecule has 5 aromatic rings. The molecular weight excluding hydrogens is 758 g/mol. The molecule has 1 fully saturated rings. The van der Waals surface area contributed by atoms with Crippen molar-refractivity contribution < 1.29 is 22.7 Å². The average molecular weight is 791 g/mol. The van der Waals surface area contributed by atoms with E-state index in [2.05, 4.69) is 146 Å². The summed E-state index contributed by atoms with van der Waals surface area (Å²) in [7, 11) is -2.35. The van der Waals surface area contributed by atoms with Crippen LogP contribution in [-0.2, 0) is 22.7 Å². The predicted molar refractivity (Wildman–Crippen MR) is 188 cm³/mol. The molecule has 3 aromatic carbocycles. The van der Waals surface area contributed by atoms with Crippen molar-refractivity contribution in [3.63, 3.8) is 0 Å². The number of allylic oxidation sites excluding steroid dienone is 5. The number of fused-ring (bicyclic) bond motifs is 1. The summed E-state index contributed by atoms with van der Waals surface area (Å²) >= 11 is 5.60. The molecule has 0 bridgehead atoms. The molecule has 0 atom stereocenters. The molecule has 2 aromatic heterocycles. The molecule has 3 heterocycles. The molecular formula is C38H33OOsPS2+. The van der Waals surface area contributed by atoms with Crippen LogP contribution in [0.15, 0.2) is 138 Å². The number of hydrogen-bond acceptors (Lipinski definition) is 3. The second-order valence-corrected chi connectivity index (χ2v) is 16.5. The van der Waals surface area contributed by atoms with Gasteiger partial charge in [0.05, 0.1) is 0 Å². The van der Waals surface area contributed by atoms with Crippen LogP contribution in [0, 0.1) is 4.37 Å². The number of thiophene rings is 2. The van der Waals surface area contributed by atoms with Gasteiger partial charge in [0.15, 0.2) is 0 Å². The molecule has 0 N–H and O–H groups in total. The van der Waals surface area contributed by atoms with Crippen LogP contribution in [0.2, 0.25) is 0 Å². The molecule has 5 heteroatoms. The van der Waals surface area contributed by atoms with Crippen LogP contribution >= 0.6 is 29.9 Å². The minimum atomic E-state index is -2.35. The van der Waals surface area contributed by atoms with Crippen LogP contribution in [0.25, 0.3) is 21.0 Å². The number of benzene rings is 3. The van der Waals surface area contributed by atoms with Crippen molar-refractivity contribution in [3.8, 4) is 4.37 Å². The van der Waals surface area contributed by atoms with Gasteiger partial charge in [0, 0.05) is 0 Å². The van der Waals surface area contributed by atoms with Crippen molar-refractivity contribution in [2.75, 3.05) is 13.2 Å². The second-order valence-electron chi connectivity index (χ2n) is 10.3. The first-order valence-corrected chi connectivity index (χ1v) is 19.2. The van der Waals surface area contributed by atoms with E-state index in [9.17, 15) is 0 Å². The number of rotatable bonds is 8. The molecule has 0 radical (unpaired) electrons. The van der Waals surface area contributed by atoms with E-state index in [1.165, 1.54) is 57.1 Å². The first-order valence-electron chi connectivity index (χ1n) is 14.5. The topological polar surface area (TPSA) is 9.23 Å². The Kier molecular flexibility index (Phi) is 9.67. The van der Waals surface area contributed by atoms with Crippen molar-refractivity contribution >= 4 is 66.9 Å². The maximum absolute atomic E-state index is 6.03. The summed E-state index contributed by atoms with van der Waals surface area (Å²) in [6.45, 7) is 5.59. The summed E-state index contributed by atoms with van der Waals surface area (Å²) in [4.78, 5) is 2.58. The standard InChI is InChI=1S/C38H33OPS2.Os/c1-4-15-29-26-39-27-30(29)23-35(36-25-38-37(42-36)24-34(41-38)16-5-2)28(3)40(31-17-9-6-10-18-31,32-19-11-7-12-20-32)33-21-13-8-14-22-33;/h5-25H,4,26-27H2,1-2H3;/q+1;/b16-5+,29-15?,30-23?,35-28?;. The van der Waals surface area contributed by atoms with Gasteiger partial charge in [-0.25, -0.2) is 0 Å². The predicted octanol–water partition coefficient (Wildman–Crippen LogP) is 9.50. The second kappa shape index (κ2) is 13.8. The first-order chi connectivity index (χ1) is 21.2. The van der Waals surface area contributed by atoms with Gasteiger partial charge in [-0.3, -0.25) is 0 Å². The molecule has 215 valence electrons. The van der Waals surface area contributed by atoms with Gasteiger partial charge in [0.25, 0.3) is 0 Å². The van der Waals surface area contributed by atoms with Crippen molar-refractivity contribution in [1.29, 1.82) is 0 Å². The molecule has 0 aliphatic carbocycles. The molecule has 0 saturated carbocycles. The van der Waals surface area contributed by atoms with Crippen LogP contribution in [0.5, 0.6) is 0 Å². The fraction of sp³-hybridized carbons (Fsp3) is 0.132. The van der Waals surface area contributed by atoms with Gasteiger partial charge in [-0.05, 0) is 0 Å². The number of ether oxygens (including phenoxy) is 1. The number of hydrogen-bond donors (Lipinski definition) is 0. The fourth-order valence-corrected chi connectivity index (χ4v) is 14.1. The SMILES string of the molecule is C/C=C/c1cc2sc(C(C=C3COCC3=CCC)=C([C]#[Os])[P+](c3ccccc3)(c3ccccc3)c3ccccc3)cc2s1. The van der Waals surface area contributed by atoms with E-state index in [1.807, 2.05) is 40.6 Å². The van der Waals surface area contributed by atoms with Gasteiger partial charge < -0.3 is 0 Å². The summed E-state index contributed by atoms with van der Waals surface area (Å²) in [5, 5.41) is 5.27. The molecule has 43 heavy (non-hydrogen) atoms. The van der Waals surface area contributed by atoms with Crippen LogP contribution in [0.3, 0.4) is 0 Å². The average Bonchev–Trinajstić information content (AvgIpc) is 3.76. The van der Waals surface area contributed by atoms with E-state index in [-0.39, 0.29) is 0 Å².